The summed E-state index contributed by atoms with van der Waals surface area (Å²) in [4.78, 5) is 13.4. The molecule has 0 aliphatic heterocycles. The SMILES string of the molecule is CCOCCCNC(=O)[C@H](C)n1nnc(-c2ccc(Cl)cc2)n1. The zero-order chi connectivity index (χ0) is 16.7. The highest BCUT2D eigenvalue weighted by Gasteiger charge is 2.18. The van der Waals surface area contributed by atoms with E-state index in [9.17, 15) is 4.79 Å². The van der Waals surface area contributed by atoms with E-state index in [4.69, 9.17) is 16.3 Å². The molecule has 2 aromatic rings. The molecule has 1 amide bonds. The second-order valence-corrected chi connectivity index (χ2v) is 5.39. The Morgan fingerprint density at radius 1 is 1.39 bits per heavy atom. The van der Waals surface area contributed by atoms with E-state index in [0.29, 0.717) is 30.6 Å². The fourth-order valence-corrected chi connectivity index (χ4v) is 2.01. The van der Waals surface area contributed by atoms with Gasteiger partial charge in [0.05, 0.1) is 0 Å². The third-order valence-electron chi connectivity index (χ3n) is 3.23. The standard InChI is InChI=1S/C15H20ClN5O2/c1-3-23-10-4-9-17-15(22)11(2)21-19-14(18-20-21)12-5-7-13(16)8-6-12/h5-8,11H,3-4,9-10H2,1-2H3,(H,17,22)/t11-/m0/s1. The molecular formula is C15H20ClN5O2. The molecule has 0 radical (unpaired) electrons. The number of carbonyl (C=O) groups excluding carboxylic acids is 1. The van der Waals surface area contributed by atoms with Crippen molar-refractivity contribution < 1.29 is 9.53 Å². The Labute approximate surface area is 140 Å². The number of aromatic nitrogens is 4. The van der Waals surface area contributed by atoms with Gasteiger partial charge in [0.1, 0.15) is 6.04 Å². The Hall–Kier alpha value is -1.99. The van der Waals surface area contributed by atoms with Gasteiger partial charge in [-0.2, -0.15) is 4.80 Å². The number of ether oxygens (including phenoxy) is 1. The van der Waals surface area contributed by atoms with Crippen LogP contribution in [0.4, 0.5) is 0 Å². The van der Waals surface area contributed by atoms with Crippen molar-refractivity contribution in [3.05, 3.63) is 29.3 Å². The number of carbonyl (C=O) groups is 1. The predicted molar refractivity (Wildman–Crippen MR) is 87.1 cm³/mol. The van der Waals surface area contributed by atoms with Gasteiger partial charge < -0.3 is 10.1 Å². The van der Waals surface area contributed by atoms with Gasteiger partial charge in [0, 0.05) is 30.3 Å². The number of nitrogens with one attached hydrogen (secondary N) is 1. The van der Waals surface area contributed by atoms with Crippen LogP contribution in [-0.4, -0.2) is 45.9 Å². The lowest BCUT2D eigenvalue weighted by Gasteiger charge is -2.10. The summed E-state index contributed by atoms with van der Waals surface area (Å²) in [6, 6.07) is 6.60. The number of hydrogen-bond donors (Lipinski definition) is 1. The van der Waals surface area contributed by atoms with Gasteiger partial charge in [0.25, 0.3) is 0 Å². The lowest BCUT2D eigenvalue weighted by Crippen LogP contribution is -2.33. The van der Waals surface area contributed by atoms with E-state index in [1.165, 1.54) is 4.80 Å². The first-order valence-corrected chi connectivity index (χ1v) is 7.90. The molecule has 0 saturated heterocycles. The number of hydrogen-bond acceptors (Lipinski definition) is 5. The van der Waals surface area contributed by atoms with E-state index in [2.05, 4.69) is 20.7 Å². The van der Waals surface area contributed by atoms with E-state index in [0.717, 1.165) is 12.0 Å². The van der Waals surface area contributed by atoms with Crippen molar-refractivity contribution in [2.75, 3.05) is 19.8 Å². The average molecular weight is 338 g/mol. The van der Waals surface area contributed by atoms with Crippen LogP contribution in [0, 0.1) is 0 Å². The smallest absolute Gasteiger partial charge is 0.246 e. The van der Waals surface area contributed by atoms with Crippen LogP contribution in [0.25, 0.3) is 11.4 Å². The molecule has 2 rings (SSSR count). The number of benzene rings is 1. The molecule has 0 fully saturated rings. The maximum absolute atomic E-state index is 12.1. The molecule has 124 valence electrons. The lowest BCUT2D eigenvalue weighted by atomic mass is 10.2. The van der Waals surface area contributed by atoms with Crippen molar-refractivity contribution >= 4 is 17.5 Å². The van der Waals surface area contributed by atoms with Gasteiger partial charge in [-0.3, -0.25) is 4.79 Å². The Balaban J connectivity index is 1.91. The van der Waals surface area contributed by atoms with Crippen molar-refractivity contribution in [2.24, 2.45) is 0 Å². The first-order chi connectivity index (χ1) is 11.1. The molecule has 0 aliphatic rings. The predicted octanol–water partition coefficient (Wildman–Crippen LogP) is 2.10. The molecule has 0 spiro atoms. The number of rotatable bonds is 8. The fourth-order valence-electron chi connectivity index (χ4n) is 1.89. The highest BCUT2D eigenvalue weighted by molar-refractivity contribution is 6.30. The molecule has 8 heteroatoms. The summed E-state index contributed by atoms with van der Waals surface area (Å²) in [6.45, 7) is 5.54. The van der Waals surface area contributed by atoms with Crippen LogP contribution in [0.5, 0.6) is 0 Å². The summed E-state index contributed by atoms with van der Waals surface area (Å²) in [7, 11) is 0. The van der Waals surface area contributed by atoms with Crippen LogP contribution < -0.4 is 5.32 Å². The van der Waals surface area contributed by atoms with E-state index in [1.807, 2.05) is 19.1 Å². The largest absolute Gasteiger partial charge is 0.382 e. The van der Waals surface area contributed by atoms with Crippen LogP contribution in [0.15, 0.2) is 24.3 Å². The first-order valence-electron chi connectivity index (χ1n) is 7.52. The van der Waals surface area contributed by atoms with E-state index >= 15 is 0 Å². The molecule has 1 heterocycles. The number of amides is 1. The molecule has 23 heavy (non-hydrogen) atoms. The minimum Gasteiger partial charge on any atom is -0.382 e. The molecule has 0 bridgehead atoms. The van der Waals surface area contributed by atoms with Crippen LogP contribution in [0.1, 0.15) is 26.3 Å². The monoisotopic (exact) mass is 337 g/mol. The van der Waals surface area contributed by atoms with E-state index in [1.54, 1.807) is 19.1 Å². The number of halogens is 1. The Morgan fingerprint density at radius 2 is 2.13 bits per heavy atom. The molecular weight excluding hydrogens is 318 g/mol. The Kier molecular flexibility index (Phi) is 6.49. The highest BCUT2D eigenvalue weighted by atomic mass is 35.5. The van der Waals surface area contributed by atoms with E-state index < -0.39 is 6.04 Å². The second kappa shape index (κ2) is 8.59. The molecule has 0 aliphatic carbocycles. The van der Waals surface area contributed by atoms with Crippen LogP contribution >= 0.6 is 11.6 Å². The van der Waals surface area contributed by atoms with Crippen LogP contribution in [0.3, 0.4) is 0 Å². The highest BCUT2D eigenvalue weighted by Crippen LogP contribution is 2.17. The quantitative estimate of drug-likeness (QED) is 0.746. The third-order valence-corrected chi connectivity index (χ3v) is 3.48. The number of nitrogens with zero attached hydrogens (tertiary/aromatic N) is 4. The molecule has 0 saturated carbocycles. The van der Waals surface area contributed by atoms with Crippen LogP contribution in [0.2, 0.25) is 5.02 Å². The first kappa shape index (κ1) is 17.4. The topological polar surface area (TPSA) is 81.9 Å². The second-order valence-electron chi connectivity index (χ2n) is 4.96. The molecule has 1 N–H and O–H groups in total. The minimum absolute atomic E-state index is 0.151. The van der Waals surface area contributed by atoms with Gasteiger partial charge in [-0.05, 0) is 49.7 Å². The molecule has 7 nitrogen and oxygen atoms in total. The van der Waals surface area contributed by atoms with Crippen molar-refractivity contribution in [2.45, 2.75) is 26.3 Å². The summed E-state index contributed by atoms with van der Waals surface area (Å²) in [5, 5.41) is 15.7. The van der Waals surface area contributed by atoms with Gasteiger partial charge in [-0.15, -0.1) is 10.2 Å². The van der Waals surface area contributed by atoms with Crippen LogP contribution in [-0.2, 0) is 9.53 Å². The normalized spacial score (nSPS) is 12.1. The van der Waals surface area contributed by atoms with Gasteiger partial charge in [-0.25, -0.2) is 0 Å². The zero-order valence-corrected chi connectivity index (χ0v) is 14.0. The van der Waals surface area contributed by atoms with Crippen molar-refractivity contribution in [3.8, 4) is 11.4 Å². The average Bonchev–Trinajstić information content (AvgIpc) is 3.04. The van der Waals surface area contributed by atoms with Crippen molar-refractivity contribution in [1.82, 2.24) is 25.5 Å². The molecule has 1 aromatic carbocycles. The van der Waals surface area contributed by atoms with Crippen molar-refractivity contribution in [3.63, 3.8) is 0 Å². The number of tetrazole rings is 1. The Morgan fingerprint density at radius 3 is 2.83 bits per heavy atom. The van der Waals surface area contributed by atoms with Crippen molar-refractivity contribution in [1.29, 1.82) is 0 Å². The zero-order valence-electron chi connectivity index (χ0n) is 13.2. The molecule has 1 atom stereocenters. The maximum Gasteiger partial charge on any atom is 0.246 e. The molecule has 1 aromatic heterocycles. The van der Waals surface area contributed by atoms with Gasteiger partial charge in [-0.1, -0.05) is 11.6 Å². The molecule has 0 unspecified atom stereocenters. The lowest BCUT2D eigenvalue weighted by molar-refractivity contribution is -0.124. The maximum atomic E-state index is 12.1. The summed E-state index contributed by atoms with van der Waals surface area (Å²) in [6.07, 6.45) is 0.771. The third kappa shape index (κ3) is 5.01. The van der Waals surface area contributed by atoms with E-state index in [-0.39, 0.29) is 5.91 Å². The summed E-state index contributed by atoms with van der Waals surface area (Å²) >= 11 is 5.85. The van der Waals surface area contributed by atoms with Gasteiger partial charge in [0.2, 0.25) is 11.7 Å². The summed E-state index contributed by atoms with van der Waals surface area (Å²) in [5.74, 6) is 0.305. The van der Waals surface area contributed by atoms with Gasteiger partial charge in [0.15, 0.2) is 0 Å². The fraction of sp³-hybridized carbons (Fsp3) is 0.467. The van der Waals surface area contributed by atoms with Gasteiger partial charge >= 0.3 is 0 Å². The minimum atomic E-state index is -0.532. The summed E-state index contributed by atoms with van der Waals surface area (Å²) < 4.78 is 5.22. The summed E-state index contributed by atoms with van der Waals surface area (Å²) in [5.41, 5.74) is 0.796. The Bertz CT molecular complexity index is 629.